The Kier molecular flexibility index (Phi) is 6.45. The van der Waals surface area contributed by atoms with Crippen molar-refractivity contribution in [1.29, 1.82) is 5.26 Å². The van der Waals surface area contributed by atoms with Crippen molar-refractivity contribution in [3.05, 3.63) is 42.2 Å². The summed E-state index contributed by atoms with van der Waals surface area (Å²) in [5.74, 6) is -0.0418. The highest BCUT2D eigenvalue weighted by Crippen LogP contribution is 2.48. The van der Waals surface area contributed by atoms with E-state index in [1.54, 1.807) is 28.1 Å². The van der Waals surface area contributed by atoms with Gasteiger partial charge in [-0.25, -0.2) is 4.52 Å². The highest BCUT2D eigenvalue weighted by atomic mass is 32.1. The molecule has 10 nitrogen and oxygen atoms in total. The largest absolute Gasteiger partial charge is 0.460 e. The summed E-state index contributed by atoms with van der Waals surface area (Å²) in [4.78, 5) is 19.5. The van der Waals surface area contributed by atoms with Crippen molar-refractivity contribution in [2.75, 3.05) is 30.4 Å². The van der Waals surface area contributed by atoms with Crippen molar-refractivity contribution in [3.8, 4) is 28.0 Å². The number of carbonyl (C=O) groups is 1. The number of nitrogens with zero attached hydrogens (tertiary/aromatic N) is 7. The first-order chi connectivity index (χ1) is 19.2. The molecule has 1 aliphatic carbocycles. The number of rotatable bonds is 5. The molecule has 0 radical (unpaired) electrons. The van der Waals surface area contributed by atoms with Crippen LogP contribution in [-0.2, 0) is 9.53 Å². The number of esters is 1. The molecule has 1 aliphatic heterocycles. The molecule has 1 saturated carbocycles. The normalized spacial score (nSPS) is 17.0. The molecule has 1 saturated heterocycles. The Bertz CT molecular complexity index is 1610. The van der Waals surface area contributed by atoms with Crippen molar-refractivity contribution in [2.24, 2.45) is 11.3 Å². The van der Waals surface area contributed by atoms with Crippen LogP contribution >= 0.6 is 11.3 Å². The number of nitrogens with one attached hydrogen (secondary N) is 1. The van der Waals surface area contributed by atoms with Crippen LogP contribution in [0.1, 0.15) is 52.0 Å². The third-order valence-corrected chi connectivity index (χ3v) is 8.84. The van der Waals surface area contributed by atoms with Gasteiger partial charge >= 0.3 is 5.97 Å². The van der Waals surface area contributed by atoms with Crippen molar-refractivity contribution in [1.82, 2.24) is 24.8 Å². The molecule has 2 fully saturated rings. The smallest absolute Gasteiger partial charge is 0.309 e. The Morgan fingerprint density at radius 2 is 1.95 bits per heavy atom. The molecule has 0 unspecified atom stereocenters. The van der Waals surface area contributed by atoms with Crippen LogP contribution in [0.25, 0.3) is 27.5 Å². The second kappa shape index (κ2) is 9.86. The van der Waals surface area contributed by atoms with Crippen LogP contribution in [0.3, 0.4) is 0 Å². The maximum Gasteiger partial charge on any atom is 0.309 e. The summed E-state index contributed by atoms with van der Waals surface area (Å²) in [6.07, 6.45) is 7.23. The Hall–Kier alpha value is -4.04. The van der Waals surface area contributed by atoms with Gasteiger partial charge in [0.15, 0.2) is 5.01 Å². The minimum atomic E-state index is -0.435. The van der Waals surface area contributed by atoms with Gasteiger partial charge in [0.1, 0.15) is 11.7 Å². The summed E-state index contributed by atoms with van der Waals surface area (Å²) in [5, 5.41) is 27.6. The van der Waals surface area contributed by atoms with Gasteiger partial charge in [-0.05, 0) is 70.7 Å². The van der Waals surface area contributed by atoms with Gasteiger partial charge in [0.25, 0.3) is 0 Å². The van der Waals surface area contributed by atoms with E-state index in [0.717, 1.165) is 77.1 Å². The third kappa shape index (κ3) is 4.88. The molecular formula is C29H32N8O2S. The first kappa shape index (κ1) is 26.2. The summed E-state index contributed by atoms with van der Waals surface area (Å²) >= 11 is 1.57. The molecule has 0 aromatic carbocycles. The Labute approximate surface area is 237 Å². The van der Waals surface area contributed by atoms with Gasteiger partial charge < -0.3 is 15.0 Å². The van der Waals surface area contributed by atoms with Gasteiger partial charge in [-0.2, -0.15) is 10.4 Å². The average molecular weight is 557 g/mol. The number of hydrogen-bond acceptors (Lipinski definition) is 10. The maximum atomic E-state index is 12.5. The van der Waals surface area contributed by atoms with Crippen LogP contribution in [0.15, 0.2) is 36.7 Å². The van der Waals surface area contributed by atoms with E-state index in [2.05, 4.69) is 31.6 Å². The fourth-order valence-electron chi connectivity index (χ4n) is 5.75. The molecule has 40 heavy (non-hydrogen) atoms. The minimum Gasteiger partial charge on any atom is -0.460 e. The summed E-state index contributed by atoms with van der Waals surface area (Å²) in [6, 6.07) is 9.80. The molecule has 5 heterocycles. The molecule has 1 spiro atoms. The predicted molar refractivity (Wildman–Crippen MR) is 154 cm³/mol. The van der Waals surface area contributed by atoms with Crippen molar-refractivity contribution >= 4 is 33.6 Å². The van der Waals surface area contributed by atoms with Crippen LogP contribution in [0.2, 0.25) is 0 Å². The van der Waals surface area contributed by atoms with Crippen LogP contribution in [-0.4, -0.2) is 56.5 Å². The second-order valence-corrected chi connectivity index (χ2v) is 12.8. The number of aromatic nitrogens is 5. The van der Waals surface area contributed by atoms with E-state index in [-0.39, 0.29) is 17.3 Å². The number of carbonyl (C=O) groups excluding carboxylic acids is 1. The van der Waals surface area contributed by atoms with E-state index in [1.165, 1.54) is 0 Å². The lowest BCUT2D eigenvalue weighted by atomic mass is 9.66. The van der Waals surface area contributed by atoms with Gasteiger partial charge in [-0.3, -0.25) is 9.78 Å². The molecule has 1 N–H and O–H groups in total. The summed E-state index contributed by atoms with van der Waals surface area (Å²) in [5.41, 5.74) is 4.58. The second-order valence-electron chi connectivity index (χ2n) is 11.8. The quantitative estimate of drug-likeness (QED) is 0.332. The van der Waals surface area contributed by atoms with E-state index in [9.17, 15) is 4.79 Å². The van der Waals surface area contributed by atoms with E-state index in [0.29, 0.717) is 5.56 Å². The lowest BCUT2D eigenvalue weighted by molar-refractivity contribution is -0.162. The molecule has 0 amide bonds. The number of ether oxygens (including phenoxy) is 1. The number of pyridine rings is 1. The number of fused-ring (bicyclic) bond motifs is 1. The number of nitriles is 1. The lowest BCUT2D eigenvalue weighted by Gasteiger charge is -2.53. The van der Waals surface area contributed by atoms with Crippen LogP contribution in [0, 0.1) is 22.7 Å². The zero-order chi connectivity index (χ0) is 28.1. The fraction of sp³-hybridized carbons (Fsp3) is 0.448. The monoisotopic (exact) mass is 556 g/mol. The van der Waals surface area contributed by atoms with Gasteiger partial charge in [-0.1, -0.05) is 11.3 Å². The predicted octanol–water partition coefficient (Wildman–Crippen LogP) is 5.17. The summed E-state index contributed by atoms with van der Waals surface area (Å²) < 4.78 is 7.40. The van der Waals surface area contributed by atoms with E-state index >= 15 is 0 Å². The molecule has 4 aromatic heterocycles. The SMILES string of the molecule is CNc1cc(-c2ccc3cc(C#N)cnn23)ncc1-c1nnc(N2CC3(CCC(C(=O)OC(C)(C)C)CC3)C2)s1. The Morgan fingerprint density at radius 1 is 1.18 bits per heavy atom. The lowest BCUT2D eigenvalue weighted by Crippen LogP contribution is -2.58. The standard InChI is InChI=1S/C29H32N8O2S/c1-28(2,3)39-26(38)19-7-9-29(10-8-19)16-36(17-29)27-35-34-25(40-27)21-15-32-23(12-22(21)31-4)24-6-5-20-11-18(13-30)14-33-37(20)24/h5-6,11-12,14-15,19H,7-10,16-17H2,1-4H3,(H,31,32). The van der Waals surface area contributed by atoms with Gasteiger partial charge in [0.05, 0.1) is 40.1 Å². The van der Waals surface area contributed by atoms with E-state index in [1.807, 2.05) is 52.2 Å². The zero-order valence-corrected chi connectivity index (χ0v) is 24.0. The molecule has 206 valence electrons. The van der Waals surface area contributed by atoms with Crippen LogP contribution < -0.4 is 10.2 Å². The average Bonchev–Trinajstić information content (AvgIpc) is 3.57. The van der Waals surface area contributed by atoms with E-state index in [4.69, 9.17) is 15.0 Å². The molecule has 2 aliphatic rings. The Morgan fingerprint density at radius 3 is 2.65 bits per heavy atom. The molecular weight excluding hydrogens is 524 g/mol. The summed E-state index contributed by atoms with van der Waals surface area (Å²) in [7, 11) is 1.88. The summed E-state index contributed by atoms with van der Waals surface area (Å²) in [6.45, 7) is 7.66. The fourth-order valence-corrected chi connectivity index (χ4v) is 6.61. The molecule has 11 heteroatoms. The van der Waals surface area contributed by atoms with Crippen molar-refractivity contribution < 1.29 is 9.53 Å². The first-order valence-electron chi connectivity index (χ1n) is 13.5. The molecule has 0 bridgehead atoms. The molecule has 4 aromatic rings. The highest BCUT2D eigenvalue weighted by molar-refractivity contribution is 7.18. The van der Waals surface area contributed by atoms with Crippen LogP contribution in [0.4, 0.5) is 10.8 Å². The van der Waals surface area contributed by atoms with Crippen molar-refractivity contribution in [3.63, 3.8) is 0 Å². The highest BCUT2D eigenvalue weighted by Gasteiger charge is 2.47. The maximum absolute atomic E-state index is 12.5. The number of anilines is 2. The third-order valence-electron chi connectivity index (χ3n) is 7.82. The van der Waals surface area contributed by atoms with Gasteiger partial charge in [0, 0.05) is 37.4 Å². The topological polar surface area (TPSA) is 121 Å². The number of hydrogen-bond donors (Lipinski definition) is 1. The van der Waals surface area contributed by atoms with Gasteiger partial charge in [-0.15, -0.1) is 10.2 Å². The minimum absolute atomic E-state index is 0.0121. The van der Waals surface area contributed by atoms with Crippen LogP contribution in [0.5, 0.6) is 0 Å². The Balaban J connectivity index is 1.13. The van der Waals surface area contributed by atoms with Gasteiger partial charge in [0.2, 0.25) is 5.13 Å². The van der Waals surface area contributed by atoms with E-state index < -0.39 is 5.60 Å². The molecule has 6 rings (SSSR count). The molecule has 0 atom stereocenters. The first-order valence-corrected chi connectivity index (χ1v) is 14.4. The zero-order valence-electron chi connectivity index (χ0n) is 23.1. The van der Waals surface area contributed by atoms with Crippen molar-refractivity contribution in [2.45, 2.75) is 52.1 Å².